The number of halogens is 1. The molecule has 0 radical (unpaired) electrons. The number of nitrogens with zero attached hydrogens (tertiary/aromatic N) is 2. The third-order valence-corrected chi connectivity index (χ3v) is 3.53. The first-order valence-electron chi connectivity index (χ1n) is 6.90. The van der Waals surface area contributed by atoms with E-state index in [1.165, 1.54) is 10.6 Å². The van der Waals surface area contributed by atoms with E-state index in [4.69, 9.17) is 17.3 Å². The molecular formula is C17H18ClN3O. The Morgan fingerprint density at radius 2 is 2.05 bits per heavy atom. The van der Waals surface area contributed by atoms with Gasteiger partial charge in [-0.1, -0.05) is 42.5 Å². The summed E-state index contributed by atoms with van der Waals surface area (Å²) in [4.78, 5) is 17.4. The molecule has 0 fully saturated rings. The number of benzene rings is 1. The molecule has 1 atom stereocenters. The minimum atomic E-state index is -0.386. The van der Waals surface area contributed by atoms with Gasteiger partial charge in [0.1, 0.15) is 5.82 Å². The van der Waals surface area contributed by atoms with Crippen LogP contribution in [0, 0.1) is 6.92 Å². The minimum absolute atomic E-state index is 0.242. The highest BCUT2D eigenvalue weighted by atomic mass is 35.5. The third-order valence-electron chi connectivity index (χ3n) is 3.21. The van der Waals surface area contributed by atoms with Crippen molar-refractivity contribution in [1.29, 1.82) is 0 Å². The SMILES string of the molecule is C=C/C=C(/Cl)c1c(C)nc([C@H](C)N)n(-c2ccccc2)c1=O. The van der Waals surface area contributed by atoms with E-state index >= 15 is 0 Å². The van der Waals surface area contributed by atoms with Crippen molar-refractivity contribution in [2.24, 2.45) is 5.73 Å². The lowest BCUT2D eigenvalue weighted by atomic mass is 10.1. The van der Waals surface area contributed by atoms with Gasteiger partial charge in [-0.3, -0.25) is 9.36 Å². The summed E-state index contributed by atoms with van der Waals surface area (Å²) in [5, 5.41) is 0.311. The zero-order valence-electron chi connectivity index (χ0n) is 12.6. The molecule has 0 aliphatic heterocycles. The van der Waals surface area contributed by atoms with Crippen molar-refractivity contribution in [3.05, 3.63) is 76.5 Å². The monoisotopic (exact) mass is 315 g/mol. The number of rotatable bonds is 4. The van der Waals surface area contributed by atoms with Crippen molar-refractivity contribution in [1.82, 2.24) is 9.55 Å². The van der Waals surface area contributed by atoms with Crippen molar-refractivity contribution in [2.75, 3.05) is 0 Å². The molecule has 0 aliphatic rings. The van der Waals surface area contributed by atoms with E-state index in [9.17, 15) is 4.79 Å². The predicted octanol–water partition coefficient (Wildman–Crippen LogP) is 3.33. The molecule has 2 N–H and O–H groups in total. The Morgan fingerprint density at radius 1 is 1.41 bits per heavy atom. The van der Waals surface area contributed by atoms with Crippen LogP contribution >= 0.6 is 11.6 Å². The first-order chi connectivity index (χ1) is 10.5. The van der Waals surface area contributed by atoms with Gasteiger partial charge in [0.15, 0.2) is 0 Å². The number of allylic oxidation sites excluding steroid dienone is 2. The molecule has 1 aromatic heterocycles. The first kappa shape index (κ1) is 16.2. The van der Waals surface area contributed by atoms with E-state index in [-0.39, 0.29) is 11.6 Å². The Bertz CT molecular complexity index is 776. The molecule has 0 bridgehead atoms. The summed E-state index contributed by atoms with van der Waals surface area (Å²) in [6.07, 6.45) is 3.11. The van der Waals surface area contributed by atoms with Gasteiger partial charge in [-0.25, -0.2) is 4.98 Å². The summed E-state index contributed by atoms with van der Waals surface area (Å²) in [6, 6.07) is 8.87. The van der Waals surface area contributed by atoms with E-state index in [0.717, 1.165) is 0 Å². The van der Waals surface area contributed by atoms with Crippen LogP contribution in [0.4, 0.5) is 0 Å². The molecular weight excluding hydrogens is 298 g/mol. The fraction of sp³-hybridized carbons (Fsp3) is 0.176. The van der Waals surface area contributed by atoms with Gasteiger partial charge in [0.2, 0.25) is 0 Å². The summed E-state index contributed by atoms with van der Waals surface area (Å²) in [5.74, 6) is 0.500. The summed E-state index contributed by atoms with van der Waals surface area (Å²) in [5.41, 5.74) is 7.36. The van der Waals surface area contributed by atoms with Crippen molar-refractivity contribution in [3.8, 4) is 5.69 Å². The van der Waals surface area contributed by atoms with Crippen LogP contribution < -0.4 is 11.3 Å². The second kappa shape index (κ2) is 6.73. The lowest BCUT2D eigenvalue weighted by Gasteiger charge is -2.17. The molecule has 0 amide bonds. The Morgan fingerprint density at radius 3 is 2.59 bits per heavy atom. The van der Waals surface area contributed by atoms with E-state index in [0.29, 0.717) is 27.8 Å². The Labute approximate surface area is 134 Å². The standard InChI is InChI=1S/C17H18ClN3O/c1-4-8-14(18)15-12(3)20-16(11(2)19)21(17(15)22)13-9-6-5-7-10-13/h4-11H,1,19H2,2-3H3/b14-8+/t11-/m0/s1. The largest absolute Gasteiger partial charge is 0.322 e. The van der Waals surface area contributed by atoms with Gasteiger partial charge in [0, 0.05) is 0 Å². The Kier molecular flexibility index (Phi) is 4.96. The fourth-order valence-corrected chi connectivity index (χ4v) is 2.55. The highest BCUT2D eigenvalue weighted by Gasteiger charge is 2.19. The summed E-state index contributed by atoms with van der Waals surface area (Å²) in [6.45, 7) is 7.14. The average Bonchev–Trinajstić information content (AvgIpc) is 2.47. The molecule has 5 heteroatoms. The molecule has 0 aliphatic carbocycles. The van der Waals surface area contributed by atoms with Crippen LogP contribution in [0.3, 0.4) is 0 Å². The van der Waals surface area contributed by atoms with Crippen LogP contribution in [0.2, 0.25) is 0 Å². The number of aryl methyl sites for hydroxylation is 1. The average molecular weight is 316 g/mol. The normalized spacial score (nSPS) is 13.0. The number of aromatic nitrogens is 2. The zero-order chi connectivity index (χ0) is 16.3. The van der Waals surface area contributed by atoms with Crippen LogP contribution in [0.1, 0.15) is 30.0 Å². The topological polar surface area (TPSA) is 60.9 Å². The van der Waals surface area contributed by atoms with E-state index < -0.39 is 0 Å². The van der Waals surface area contributed by atoms with E-state index in [2.05, 4.69) is 11.6 Å². The quantitative estimate of drug-likeness (QED) is 0.880. The van der Waals surface area contributed by atoms with Crippen molar-refractivity contribution >= 4 is 16.6 Å². The fourth-order valence-electron chi connectivity index (χ4n) is 2.24. The maximum Gasteiger partial charge on any atom is 0.267 e. The molecule has 114 valence electrons. The van der Waals surface area contributed by atoms with Crippen molar-refractivity contribution in [3.63, 3.8) is 0 Å². The summed E-state index contributed by atoms with van der Waals surface area (Å²) < 4.78 is 1.51. The summed E-state index contributed by atoms with van der Waals surface area (Å²) >= 11 is 6.21. The first-order valence-corrected chi connectivity index (χ1v) is 7.28. The van der Waals surface area contributed by atoms with E-state index in [1.807, 2.05) is 30.3 Å². The van der Waals surface area contributed by atoms with E-state index in [1.54, 1.807) is 19.9 Å². The smallest absolute Gasteiger partial charge is 0.267 e. The molecule has 0 saturated heterocycles. The lowest BCUT2D eigenvalue weighted by Crippen LogP contribution is -2.30. The number of nitrogens with two attached hydrogens (primary N) is 1. The van der Waals surface area contributed by atoms with Crippen LogP contribution in [-0.2, 0) is 0 Å². The maximum absolute atomic E-state index is 12.9. The van der Waals surface area contributed by atoms with Crippen LogP contribution in [0.25, 0.3) is 10.7 Å². The zero-order valence-corrected chi connectivity index (χ0v) is 13.3. The summed E-state index contributed by atoms with van der Waals surface area (Å²) in [7, 11) is 0. The molecule has 2 aromatic rings. The highest BCUT2D eigenvalue weighted by Crippen LogP contribution is 2.21. The van der Waals surface area contributed by atoms with Crippen LogP contribution in [0.15, 0.2) is 53.9 Å². The van der Waals surface area contributed by atoms with Crippen molar-refractivity contribution < 1.29 is 0 Å². The van der Waals surface area contributed by atoms with Gasteiger partial charge in [-0.15, -0.1) is 0 Å². The molecule has 4 nitrogen and oxygen atoms in total. The minimum Gasteiger partial charge on any atom is -0.322 e. The Hall–Kier alpha value is -2.17. The molecule has 22 heavy (non-hydrogen) atoms. The number of hydrogen-bond acceptors (Lipinski definition) is 3. The van der Waals surface area contributed by atoms with Gasteiger partial charge in [0.25, 0.3) is 5.56 Å². The Balaban J connectivity index is 2.86. The van der Waals surface area contributed by atoms with Gasteiger partial charge in [-0.05, 0) is 32.1 Å². The molecule has 0 saturated carbocycles. The molecule has 2 rings (SSSR count). The van der Waals surface area contributed by atoms with Gasteiger partial charge >= 0.3 is 0 Å². The second-order valence-electron chi connectivity index (χ2n) is 4.95. The molecule has 0 spiro atoms. The van der Waals surface area contributed by atoms with Gasteiger partial charge < -0.3 is 5.73 Å². The van der Waals surface area contributed by atoms with Crippen LogP contribution in [-0.4, -0.2) is 9.55 Å². The maximum atomic E-state index is 12.9. The molecule has 1 aromatic carbocycles. The number of para-hydroxylation sites is 1. The van der Waals surface area contributed by atoms with Gasteiger partial charge in [-0.2, -0.15) is 0 Å². The predicted molar refractivity (Wildman–Crippen MR) is 91.2 cm³/mol. The van der Waals surface area contributed by atoms with Crippen LogP contribution in [0.5, 0.6) is 0 Å². The molecule has 1 heterocycles. The number of hydrogen-bond donors (Lipinski definition) is 1. The lowest BCUT2D eigenvalue weighted by molar-refractivity contribution is 0.679. The molecule has 0 unspecified atom stereocenters. The highest BCUT2D eigenvalue weighted by molar-refractivity contribution is 6.49. The van der Waals surface area contributed by atoms with Crippen molar-refractivity contribution in [2.45, 2.75) is 19.9 Å². The second-order valence-corrected chi connectivity index (χ2v) is 5.35. The third kappa shape index (κ3) is 3.03. The van der Waals surface area contributed by atoms with Gasteiger partial charge in [0.05, 0.1) is 28.0 Å².